The van der Waals surface area contributed by atoms with Crippen molar-refractivity contribution in [2.24, 2.45) is 0 Å². The molecule has 1 heterocycles. The number of alkyl halides is 3. The van der Waals surface area contributed by atoms with Gasteiger partial charge in [-0.25, -0.2) is 4.98 Å². The highest BCUT2D eigenvalue weighted by atomic mass is 19.4. The maximum atomic E-state index is 11.7. The van der Waals surface area contributed by atoms with Crippen molar-refractivity contribution in [1.82, 2.24) is 9.55 Å². The molecule has 1 rings (SSSR count). The molecule has 0 saturated heterocycles. The largest absolute Gasteiger partial charge is 0.390 e. The Kier molecular flexibility index (Phi) is 2.40. The lowest BCUT2D eigenvalue weighted by Gasteiger charge is -2.07. The van der Waals surface area contributed by atoms with E-state index in [9.17, 15) is 13.2 Å². The third-order valence-corrected chi connectivity index (χ3v) is 1.49. The van der Waals surface area contributed by atoms with Crippen LogP contribution in [0, 0.1) is 13.1 Å². The fourth-order valence-corrected chi connectivity index (χ4v) is 0.823. The van der Waals surface area contributed by atoms with E-state index >= 15 is 0 Å². The minimum atomic E-state index is -4.10. The summed E-state index contributed by atoms with van der Waals surface area (Å²) >= 11 is 0. The fraction of sp³-hybridized carbons (Fsp3) is 0.571. The Morgan fingerprint density at radius 1 is 1.58 bits per heavy atom. The molecule has 0 amide bonds. The van der Waals surface area contributed by atoms with E-state index in [0.717, 1.165) is 0 Å². The number of hydrogen-bond acceptors (Lipinski definition) is 1. The first kappa shape index (κ1) is 9.09. The van der Waals surface area contributed by atoms with E-state index in [2.05, 4.69) is 11.2 Å². The van der Waals surface area contributed by atoms with Crippen molar-refractivity contribution in [2.75, 3.05) is 0 Å². The van der Waals surface area contributed by atoms with E-state index in [0.29, 0.717) is 5.82 Å². The molecule has 0 fully saturated rings. The predicted octanol–water partition coefficient (Wildman–Crippen LogP) is 1.94. The van der Waals surface area contributed by atoms with Crippen LogP contribution < -0.4 is 0 Å². The van der Waals surface area contributed by atoms with Gasteiger partial charge in [-0.05, 0) is 6.92 Å². The Labute approximate surface area is 68.0 Å². The molecule has 0 aromatic carbocycles. The molecule has 0 spiro atoms. The second-order valence-electron chi connectivity index (χ2n) is 2.48. The second kappa shape index (κ2) is 3.16. The van der Waals surface area contributed by atoms with Crippen LogP contribution in [0.5, 0.6) is 0 Å². The molecule has 0 N–H and O–H groups in total. The van der Waals surface area contributed by atoms with E-state index in [1.165, 1.54) is 10.8 Å². The van der Waals surface area contributed by atoms with Crippen molar-refractivity contribution < 1.29 is 13.2 Å². The van der Waals surface area contributed by atoms with Crippen molar-refractivity contribution in [1.29, 1.82) is 0 Å². The van der Waals surface area contributed by atoms with Crippen molar-refractivity contribution in [3.63, 3.8) is 0 Å². The lowest BCUT2D eigenvalue weighted by molar-refractivity contribution is -0.136. The third-order valence-electron chi connectivity index (χ3n) is 1.49. The molecule has 1 radical (unpaired) electrons. The quantitative estimate of drug-likeness (QED) is 0.675. The Morgan fingerprint density at radius 2 is 2.25 bits per heavy atom. The minimum Gasteiger partial charge on any atom is -0.334 e. The van der Waals surface area contributed by atoms with Gasteiger partial charge in [0.05, 0.1) is 6.42 Å². The molecule has 1 aromatic heterocycles. The summed E-state index contributed by atoms with van der Waals surface area (Å²) in [5.74, 6) is 0.555. The first-order valence-corrected chi connectivity index (χ1v) is 3.45. The fourth-order valence-electron chi connectivity index (χ4n) is 0.823. The van der Waals surface area contributed by atoms with Crippen LogP contribution in [-0.4, -0.2) is 15.7 Å². The molecule has 67 valence electrons. The van der Waals surface area contributed by atoms with Gasteiger partial charge in [-0.1, -0.05) is 0 Å². The molecule has 2 nitrogen and oxygen atoms in total. The SMILES string of the molecule is Cc1n[c]cn1CCC(F)(F)F. The van der Waals surface area contributed by atoms with Gasteiger partial charge in [-0.2, -0.15) is 13.2 Å². The average Bonchev–Trinajstić information content (AvgIpc) is 2.29. The maximum Gasteiger partial charge on any atom is 0.390 e. The number of aryl methyl sites for hydroxylation is 2. The van der Waals surface area contributed by atoms with Crippen LogP contribution >= 0.6 is 0 Å². The summed E-state index contributed by atoms with van der Waals surface area (Å²) in [5, 5.41) is 0. The molecule has 0 unspecified atom stereocenters. The smallest absolute Gasteiger partial charge is 0.334 e. The van der Waals surface area contributed by atoms with Crippen molar-refractivity contribution >= 4 is 0 Å². The van der Waals surface area contributed by atoms with E-state index < -0.39 is 12.6 Å². The van der Waals surface area contributed by atoms with E-state index in [-0.39, 0.29) is 6.54 Å². The predicted molar refractivity (Wildman–Crippen MR) is 36.5 cm³/mol. The Balaban J connectivity index is 2.49. The molecule has 0 atom stereocenters. The van der Waals surface area contributed by atoms with Gasteiger partial charge in [0.15, 0.2) is 0 Å². The Bertz CT molecular complexity index is 251. The maximum absolute atomic E-state index is 11.7. The molecule has 0 aliphatic heterocycles. The van der Waals surface area contributed by atoms with Gasteiger partial charge in [0.25, 0.3) is 0 Å². The Hall–Kier alpha value is -1.00. The molecule has 0 saturated carbocycles. The summed E-state index contributed by atoms with van der Waals surface area (Å²) in [7, 11) is 0. The first-order valence-electron chi connectivity index (χ1n) is 3.45. The van der Waals surface area contributed by atoms with Crippen LogP contribution in [-0.2, 0) is 6.54 Å². The molecular weight excluding hydrogens is 169 g/mol. The summed E-state index contributed by atoms with van der Waals surface area (Å²) in [6, 6.07) is 0. The van der Waals surface area contributed by atoms with Crippen LogP contribution in [0.25, 0.3) is 0 Å². The Morgan fingerprint density at radius 3 is 2.67 bits per heavy atom. The monoisotopic (exact) mass is 177 g/mol. The van der Waals surface area contributed by atoms with Gasteiger partial charge >= 0.3 is 6.18 Å². The topological polar surface area (TPSA) is 17.8 Å². The van der Waals surface area contributed by atoms with Crippen LogP contribution in [0.3, 0.4) is 0 Å². The molecule has 0 aliphatic rings. The van der Waals surface area contributed by atoms with Gasteiger partial charge in [-0.15, -0.1) is 0 Å². The summed E-state index contributed by atoms with van der Waals surface area (Å²) in [5.41, 5.74) is 0. The van der Waals surface area contributed by atoms with Gasteiger partial charge < -0.3 is 4.57 Å². The highest BCUT2D eigenvalue weighted by Crippen LogP contribution is 2.20. The third kappa shape index (κ3) is 2.56. The first-order chi connectivity index (χ1) is 5.49. The summed E-state index contributed by atoms with van der Waals surface area (Å²) in [6.45, 7) is 1.57. The summed E-state index contributed by atoms with van der Waals surface area (Å²) in [6.07, 6.45) is -1.02. The van der Waals surface area contributed by atoms with Crippen LogP contribution in [0.2, 0.25) is 0 Å². The zero-order chi connectivity index (χ0) is 9.19. The zero-order valence-electron chi connectivity index (χ0n) is 6.52. The minimum absolute atomic E-state index is 0.0775. The van der Waals surface area contributed by atoms with Crippen LogP contribution in [0.15, 0.2) is 6.20 Å². The highest BCUT2D eigenvalue weighted by molar-refractivity contribution is 4.86. The van der Waals surface area contributed by atoms with Gasteiger partial charge in [0.1, 0.15) is 12.0 Å². The van der Waals surface area contributed by atoms with E-state index in [1.807, 2.05) is 0 Å². The van der Waals surface area contributed by atoms with Gasteiger partial charge in [-0.3, -0.25) is 0 Å². The molecule has 0 bridgehead atoms. The lowest BCUT2D eigenvalue weighted by atomic mass is 10.4. The number of nitrogens with zero attached hydrogens (tertiary/aromatic N) is 2. The summed E-state index contributed by atoms with van der Waals surface area (Å²) in [4.78, 5) is 3.69. The van der Waals surface area contributed by atoms with Crippen LogP contribution in [0.4, 0.5) is 13.2 Å². The second-order valence-corrected chi connectivity index (χ2v) is 2.48. The number of rotatable bonds is 2. The van der Waals surface area contributed by atoms with Crippen molar-refractivity contribution in [2.45, 2.75) is 26.1 Å². The molecule has 5 heteroatoms. The molecule has 1 aromatic rings. The normalized spacial score (nSPS) is 12.0. The molecular formula is C7H8F3N2. The number of halogens is 3. The number of aromatic nitrogens is 2. The number of imidazole rings is 1. The average molecular weight is 177 g/mol. The van der Waals surface area contributed by atoms with Gasteiger partial charge in [0.2, 0.25) is 0 Å². The van der Waals surface area contributed by atoms with Crippen molar-refractivity contribution in [3.8, 4) is 0 Å². The van der Waals surface area contributed by atoms with E-state index in [1.54, 1.807) is 6.92 Å². The van der Waals surface area contributed by atoms with E-state index in [4.69, 9.17) is 0 Å². The van der Waals surface area contributed by atoms with Crippen molar-refractivity contribution in [3.05, 3.63) is 18.2 Å². The lowest BCUT2D eigenvalue weighted by Crippen LogP contribution is -2.12. The van der Waals surface area contributed by atoms with Gasteiger partial charge in [0, 0.05) is 12.7 Å². The van der Waals surface area contributed by atoms with Crippen LogP contribution in [0.1, 0.15) is 12.2 Å². The zero-order valence-corrected chi connectivity index (χ0v) is 6.52. The molecule has 12 heavy (non-hydrogen) atoms. The number of hydrogen-bond donors (Lipinski definition) is 0. The standard InChI is InChI=1S/C7H8F3N2/c1-6-11-3-5-12(6)4-2-7(8,9)10/h5H,2,4H2,1H3. The summed E-state index contributed by atoms with van der Waals surface area (Å²) < 4.78 is 36.6. The highest BCUT2D eigenvalue weighted by Gasteiger charge is 2.26. The molecule has 0 aliphatic carbocycles.